The summed E-state index contributed by atoms with van der Waals surface area (Å²) in [7, 11) is 1.35. The van der Waals surface area contributed by atoms with Gasteiger partial charge in [0.25, 0.3) is 0 Å². The zero-order chi connectivity index (χ0) is 11.4. The van der Waals surface area contributed by atoms with Gasteiger partial charge < -0.3 is 9.64 Å². The lowest BCUT2D eigenvalue weighted by atomic mass is 9.98. The van der Waals surface area contributed by atoms with Gasteiger partial charge in [-0.3, -0.25) is 4.79 Å². The van der Waals surface area contributed by atoms with Crippen molar-refractivity contribution in [1.82, 2.24) is 4.90 Å². The number of alkyl halides is 1. The number of carbonyl (C=O) groups is 2. The molecule has 84 valence electrons. The number of esters is 1. The maximum Gasteiger partial charge on any atom is 0.330 e. The van der Waals surface area contributed by atoms with Gasteiger partial charge in [0.1, 0.15) is 16.2 Å². The van der Waals surface area contributed by atoms with Crippen molar-refractivity contribution < 1.29 is 14.3 Å². The standard InChI is InChI=1S/C9H12BrNO3S/c1-9(2)5(8(13)14-3)11-6(12)4(10)7(11)15-9/h4-5,7H,1-3H3/t4-,5-,7+/m0/s1. The van der Waals surface area contributed by atoms with Gasteiger partial charge in [-0.2, -0.15) is 0 Å². The molecular weight excluding hydrogens is 282 g/mol. The molecule has 0 bridgehead atoms. The van der Waals surface area contributed by atoms with E-state index in [1.54, 1.807) is 16.7 Å². The molecule has 6 heteroatoms. The summed E-state index contributed by atoms with van der Waals surface area (Å²) in [6, 6.07) is -0.459. The van der Waals surface area contributed by atoms with Gasteiger partial charge in [0, 0.05) is 4.75 Å². The largest absolute Gasteiger partial charge is 0.467 e. The number of amides is 1. The van der Waals surface area contributed by atoms with Crippen molar-refractivity contribution in [2.24, 2.45) is 0 Å². The summed E-state index contributed by atoms with van der Waals surface area (Å²) in [5.41, 5.74) is 0. The van der Waals surface area contributed by atoms with Gasteiger partial charge in [-0.15, -0.1) is 11.8 Å². The monoisotopic (exact) mass is 293 g/mol. The first-order chi connectivity index (χ1) is 6.90. The summed E-state index contributed by atoms with van der Waals surface area (Å²) in [6.45, 7) is 3.93. The van der Waals surface area contributed by atoms with Gasteiger partial charge in [0.15, 0.2) is 0 Å². The summed E-state index contributed by atoms with van der Waals surface area (Å²) in [4.78, 5) is 24.7. The molecule has 0 spiro atoms. The molecule has 1 amide bonds. The Morgan fingerprint density at radius 2 is 2.20 bits per heavy atom. The van der Waals surface area contributed by atoms with Crippen LogP contribution in [0.4, 0.5) is 0 Å². The summed E-state index contributed by atoms with van der Waals surface area (Å²) in [5, 5.41) is 0.0663. The third-order valence-electron chi connectivity index (χ3n) is 2.80. The van der Waals surface area contributed by atoms with E-state index in [1.807, 2.05) is 13.8 Å². The highest BCUT2D eigenvalue weighted by Gasteiger charge is 2.63. The Bertz CT molecular complexity index is 333. The van der Waals surface area contributed by atoms with Crippen LogP contribution in [-0.4, -0.2) is 44.9 Å². The average Bonchev–Trinajstić information content (AvgIpc) is 2.45. The van der Waals surface area contributed by atoms with E-state index in [2.05, 4.69) is 15.9 Å². The number of carbonyl (C=O) groups excluding carboxylic acids is 2. The minimum atomic E-state index is -0.459. The molecule has 2 rings (SSSR count). The van der Waals surface area contributed by atoms with Gasteiger partial charge in [0.2, 0.25) is 5.91 Å². The molecule has 2 saturated heterocycles. The molecule has 0 aromatic heterocycles. The van der Waals surface area contributed by atoms with Gasteiger partial charge in [-0.25, -0.2) is 4.79 Å². The van der Waals surface area contributed by atoms with Gasteiger partial charge >= 0.3 is 5.97 Å². The molecule has 4 nitrogen and oxygen atoms in total. The van der Waals surface area contributed by atoms with E-state index in [9.17, 15) is 9.59 Å². The van der Waals surface area contributed by atoms with Crippen molar-refractivity contribution in [1.29, 1.82) is 0 Å². The Hall–Kier alpha value is -0.230. The number of hydrogen-bond acceptors (Lipinski definition) is 4. The lowest BCUT2D eigenvalue weighted by Crippen LogP contribution is -2.63. The topological polar surface area (TPSA) is 46.6 Å². The predicted molar refractivity (Wildman–Crippen MR) is 60.8 cm³/mol. The lowest BCUT2D eigenvalue weighted by molar-refractivity contribution is -0.158. The molecule has 0 aromatic carbocycles. The van der Waals surface area contributed by atoms with Crippen molar-refractivity contribution in [2.45, 2.75) is 34.8 Å². The molecule has 2 aliphatic rings. The highest BCUT2D eigenvalue weighted by Crippen LogP contribution is 2.52. The van der Waals surface area contributed by atoms with E-state index in [0.29, 0.717) is 0 Å². The Morgan fingerprint density at radius 3 is 2.73 bits per heavy atom. The van der Waals surface area contributed by atoms with E-state index in [4.69, 9.17) is 4.74 Å². The Labute approximate surface area is 101 Å². The molecule has 0 radical (unpaired) electrons. The van der Waals surface area contributed by atoms with Crippen molar-refractivity contribution >= 4 is 39.6 Å². The number of β-lactam (4-membered cyclic amide) rings is 1. The fourth-order valence-electron chi connectivity index (χ4n) is 2.06. The van der Waals surface area contributed by atoms with Crippen LogP contribution in [-0.2, 0) is 14.3 Å². The third-order valence-corrected chi connectivity index (χ3v) is 5.61. The number of methoxy groups -OCH3 is 1. The van der Waals surface area contributed by atoms with Crippen molar-refractivity contribution in [3.8, 4) is 0 Å². The van der Waals surface area contributed by atoms with Crippen LogP contribution in [0.25, 0.3) is 0 Å². The van der Waals surface area contributed by atoms with E-state index < -0.39 is 6.04 Å². The maximum atomic E-state index is 11.6. The number of fused-ring (bicyclic) bond motifs is 1. The molecule has 2 heterocycles. The third kappa shape index (κ3) is 1.41. The van der Waals surface area contributed by atoms with Crippen LogP contribution in [0.3, 0.4) is 0 Å². The zero-order valence-corrected chi connectivity index (χ0v) is 11.1. The van der Waals surface area contributed by atoms with Gasteiger partial charge in [-0.05, 0) is 13.8 Å². The highest BCUT2D eigenvalue weighted by atomic mass is 79.9. The molecule has 0 N–H and O–H groups in total. The van der Waals surface area contributed by atoms with Crippen LogP contribution < -0.4 is 0 Å². The Morgan fingerprint density at radius 1 is 1.60 bits per heavy atom. The normalized spacial score (nSPS) is 37.2. The van der Waals surface area contributed by atoms with Crippen molar-refractivity contribution in [3.63, 3.8) is 0 Å². The molecule has 3 atom stereocenters. The predicted octanol–water partition coefficient (Wildman–Crippen LogP) is 0.985. The molecule has 15 heavy (non-hydrogen) atoms. The molecule has 2 aliphatic heterocycles. The highest BCUT2D eigenvalue weighted by molar-refractivity contribution is 9.10. The Kier molecular flexibility index (Phi) is 2.54. The van der Waals surface area contributed by atoms with E-state index in [1.165, 1.54) is 7.11 Å². The second-order valence-corrected chi connectivity index (χ2v) is 6.94. The number of thioether (sulfide) groups is 1. The van der Waals surface area contributed by atoms with Crippen LogP contribution in [0.2, 0.25) is 0 Å². The molecule has 2 fully saturated rings. The first kappa shape index (κ1) is 11.3. The van der Waals surface area contributed by atoms with E-state index in [0.717, 1.165) is 0 Å². The quantitative estimate of drug-likeness (QED) is 0.411. The summed E-state index contributed by atoms with van der Waals surface area (Å²) in [6.07, 6.45) is 0. The number of rotatable bonds is 1. The molecule has 0 unspecified atom stereocenters. The number of halogens is 1. The number of ether oxygens (including phenoxy) is 1. The van der Waals surface area contributed by atoms with Crippen LogP contribution >= 0.6 is 27.7 Å². The molecular formula is C9H12BrNO3S. The second-order valence-electron chi connectivity index (χ2n) is 4.18. The van der Waals surface area contributed by atoms with Crippen molar-refractivity contribution in [2.75, 3.05) is 7.11 Å². The van der Waals surface area contributed by atoms with Gasteiger partial charge in [0.05, 0.1) is 7.11 Å². The minimum Gasteiger partial charge on any atom is -0.467 e. The maximum absolute atomic E-state index is 11.6. The van der Waals surface area contributed by atoms with E-state index >= 15 is 0 Å². The zero-order valence-electron chi connectivity index (χ0n) is 8.69. The fraction of sp³-hybridized carbons (Fsp3) is 0.778. The number of nitrogens with zero attached hydrogens (tertiary/aromatic N) is 1. The summed E-state index contributed by atoms with van der Waals surface area (Å²) >= 11 is 4.96. The van der Waals surface area contributed by atoms with Crippen LogP contribution in [0.15, 0.2) is 0 Å². The minimum absolute atomic E-state index is 0.0199. The smallest absolute Gasteiger partial charge is 0.330 e. The van der Waals surface area contributed by atoms with Crippen LogP contribution in [0, 0.1) is 0 Å². The first-order valence-corrected chi connectivity index (χ1v) is 6.41. The van der Waals surface area contributed by atoms with Crippen LogP contribution in [0.5, 0.6) is 0 Å². The van der Waals surface area contributed by atoms with Crippen molar-refractivity contribution in [3.05, 3.63) is 0 Å². The van der Waals surface area contributed by atoms with E-state index in [-0.39, 0.29) is 26.8 Å². The van der Waals surface area contributed by atoms with Crippen LogP contribution in [0.1, 0.15) is 13.8 Å². The van der Waals surface area contributed by atoms with Gasteiger partial charge in [-0.1, -0.05) is 15.9 Å². The Balaban J connectivity index is 2.29. The molecule has 0 aromatic rings. The average molecular weight is 294 g/mol. The second kappa shape index (κ2) is 3.38. The summed E-state index contributed by atoms with van der Waals surface area (Å²) < 4.78 is 4.46. The summed E-state index contributed by atoms with van der Waals surface area (Å²) in [5.74, 6) is -0.351. The number of hydrogen-bond donors (Lipinski definition) is 0. The first-order valence-electron chi connectivity index (χ1n) is 4.62. The fourth-order valence-corrected chi connectivity index (χ4v) is 4.41. The molecule has 0 saturated carbocycles. The molecule has 0 aliphatic carbocycles. The lowest BCUT2D eigenvalue weighted by Gasteiger charge is -2.41. The SMILES string of the molecule is COC(=O)[C@@H]1N2C(=O)[C@H](Br)[C@H]2SC1(C)C.